The number of rotatable bonds is 4. The van der Waals surface area contributed by atoms with Crippen LogP contribution in [-0.2, 0) is 6.18 Å². The van der Waals surface area contributed by atoms with Crippen molar-refractivity contribution < 1.29 is 18.3 Å². The molecular formula is C10H16F3N5O. The van der Waals surface area contributed by atoms with Gasteiger partial charge in [-0.25, -0.2) is 15.8 Å². The van der Waals surface area contributed by atoms with Crippen molar-refractivity contribution in [3.05, 3.63) is 11.9 Å². The second-order valence-electron chi connectivity index (χ2n) is 4.61. The van der Waals surface area contributed by atoms with E-state index in [1.807, 2.05) is 0 Å². The van der Waals surface area contributed by atoms with E-state index in [0.717, 1.165) is 0 Å². The summed E-state index contributed by atoms with van der Waals surface area (Å²) in [4.78, 5) is 8.12. The highest BCUT2D eigenvalue weighted by atomic mass is 19.4. The van der Waals surface area contributed by atoms with E-state index >= 15 is 0 Å². The summed E-state index contributed by atoms with van der Waals surface area (Å²) < 4.78 is 38.0. The summed E-state index contributed by atoms with van der Waals surface area (Å²) in [5.74, 6) is 3.66. The lowest BCUT2D eigenvalue weighted by Crippen LogP contribution is -2.45. The first-order chi connectivity index (χ1) is 8.61. The Morgan fingerprint density at radius 3 is 2.37 bits per heavy atom. The number of hydrogen-bond acceptors (Lipinski definition) is 6. The summed E-state index contributed by atoms with van der Waals surface area (Å²) >= 11 is 0. The van der Waals surface area contributed by atoms with E-state index in [4.69, 9.17) is 5.84 Å². The van der Waals surface area contributed by atoms with Gasteiger partial charge in [-0.1, -0.05) is 0 Å². The molecule has 0 bridgehead atoms. The number of aliphatic hydroxyl groups is 1. The highest BCUT2D eigenvalue weighted by Crippen LogP contribution is 2.30. The number of nitrogen functional groups attached to an aromatic ring is 1. The molecule has 9 heteroatoms. The largest absolute Gasteiger partial charge is 0.451 e. The SMILES string of the molecule is CN(c1cc(NN)nc(C(F)(F)F)n1)C(C)(C)CO. The molecule has 6 nitrogen and oxygen atoms in total. The van der Waals surface area contributed by atoms with Gasteiger partial charge in [0.1, 0.15) is 11.6 Å². The minimum Gasteiger partial charge on any atom is -0.394 e. The monoisotopic (exact) mass is 279 g/mol. The van der Waals surface area contributed by atoms with Crippen molar-refractivity contribution in [2.45, 2.75) is 25.6 Å². The van der Waals surface area contributed by atoms with E-state index in [1.165, 1.54) is 18.0 Å². The quantitative estimate of drug-likeness (QED) is 0.563. The predicted molar refractivity (Wildman–Crippen MR) is 64.4 cm³/mol. The van der Waals surface area contributed by atoms with Gasteiger partial charge < -0.3 is 15.4 Å². The normalized spacial score (nSPS) is 12.4. The molecule has 1 heterocycles. The van der Waals surface area contributed by atoms with E-state index in [0.29, 0.717) is 0 Å². The lowest BCUT2D eigenvalue weighted by atomic mass is 10.1. The lowest BCUT2D eigenvalue weighted by Gasteiger charge is -2.35. The van der Waals surface area contributed by atoms with Crippen LogP contribution in [0.4, 0.5) is 24.8 Å². The van der Waals surface area contributed by atoms with Crippen molar-refractivity contribution in [1.29, 1.82) is 0 Å². The predicted octanol–water partition coefficient (Wildman–Crippen LogP) is 0.988. The van der Waals surface area contributed by atoms with Crippen LogP contribution >= 0.6 is 0 Å². The molecule has 1 aromatic rings. The summed E-state index contributed by atoms with van der Waals surface area (Å²) in [7, 11) is 1.53. The van der Waals surface area contributed by atoms with Crippen molar-refractivity contribution in [1.82, 2.24) is 9.97 Å². The number of halogens is 3. The van der Waals surface area contributed by atoms with Gasteiger partial charge in [-0.15, -0.1) is 0 Å². The van der Waals surface area contributed by atoms with Crippen LogP contribution in [0, 0.1) is 0 Å². The van der Waals surface area contributed by atoms with Crippen LogP contribution in [0.2, 0.25) is 0 Å². The first kappa shape index (κ1) is 15.4. The third kappa shape index (κ3) is 3.44. The number of anilines is 2. The molecule has 0 aliphatic heterocycles. The molecule has 0 spiro atoms. The zero-order valence-electron chi connectivity index (χ0n) is 10.8. The van der Waals surface area contributed by atoms with Gasteiger partial charge >= 0.3 is 6.18 Å². The first-order valence-electron chi connectivity index (χ1n) is 5.39. The highest BCUT2D eigenvalue weighted by Gasteiger charge is 2.36. The van der Waals surface area contributed by atoms with Gasteiger partial charge in [-0.3, -0.25) is 0 Å². The van der Waals surface area contributed by atoms with Crippen LogP contribution in [0.25, 0.3) is 0 Å². The second-order valence-corrected chi connectivity index (χ2v) is 4.61. The molecule has 0 amide bonds. The van der Waals surface area contributed by atoms with Gasteiger partial charge in [-0.05, 0) is 13.8 Å². The topological polar surface area (TPSA) is 87.3 Å². The molecule has 0 aliphatic carbocycles. The third-order valence-electron chi connectivity index (χ3n) is 2.75. The molecule has 19 heavy (non-hydrogen) atoms. The Morgan fingerprint density at radius 2 is 1.95 bits per heavy atom. The summed E-state index contributed by atoms with van der Waals surface area (Å²) in [6.45, 7) is 3.08. The van der Waals surface area contributed by atoms with Gasteiger partial charge in [0.15, 0.2) is 0 Å². The average Bonchev–Trinajstić information content (AvgIpc) is 2.36. The Labute approximate surface area is 108 Å². The Bertz CT molecular complexity index is 449. The van der Waals surface area contributed by atoms with Crippen LogP contribution < -0.4 is 16.2 Å². The number of nitrogens with zero attached hydrogens (tertiary/aromatic N) is 3. The Kier molecular flexibility index (Phi) is 4.21. The van der Waals surface area contributed by atoms with Gasteiger partial charge in [0.25, 0.3) is 0 Å². The van der Waals surface area contributed by atoms with Crippen molar-refractivity contribution in [3.8, 4) is 0 Å². The highest BCUT2D eigenvalue weighted by molar-refractivity contribution is 5.50. The van der Waals surface area contributed by atoms with Gasteiger partial charge in [0.2, 0.25) is 5.82 Å². The third-order valence-corrected chi connectivity index (χ3v) is 2.75. The van der Waals surface area contributed by atoms with E-state index < -0.39 is 17.5 Å². The zero-order valence-corrected chi connectivity index (χ0v) is 10.8. The molecule has 0 atom stereocenters. The maximum absolute atomic E-state index is 12.7. The molecule has 1 rings (SSSR count). The Hall–Kier alpha value is -1.61. The zero-order chi connectivity index (χ0) is 14.8. The number of likely N-dealkylation sites (N-methyl/N-ethyl adjacent to an activating group) is 1. The number of hydrazine groups is 1. The first-order valence-corrected chi connectivity index (χ1v) is 5.39. The van der Waals surface area contributed by atoms with Crippen molar-refractivity contribution in [2.75, 3.05) is 24.0 Å². The number of aliphatic hydroxyl groups excluding tert-OH is 1. The fourth-order valence-corrected chi connectivity index (χ4v) is 1.22. The molecule has 0 fully saturated rings. The molecule has 0 aromatic carbocycles. The molecule has 0 aliphatic rings. The summed E-state index contributed by atoms with van der Waals surface area (Å²) in [6, 6.07) is 1.27. The molecular weight excluding hydrogens is 263 g/mol. The van der Waals surface area contributed by atoms with Crippen LogP contribution in [-0.4, -0.2) is 34.3 Å². The maximum atomic E-state index is 12.7. The smallest absolute Gasteiger partial charge is 0.394 e. The van der Waals surface area contributed by atoms with Crippen LogP contribution in [0.3, 0.4) is 0 Å². The number of alkyl halides is 3. The number of aromatic nitrogens is 2. The lowest BCUT2D eigenvalue weighted by molar-refractivity contribution is -0.144. The molecule has 0 unspecified atom stereocenters. The van der Waals surface area contributed by atoms with Gasteiger partial charge in [0, 0.05) is 13.1 Å². The van der Waals surface area contributed by atoms with Crippen molar-refractivity contribution in [2.24, 2.45) is 5.84 Å². The fraction of sp³-hybridized carbons (Fsp3) is 0.600. The number of nitrogens with two attached hydrogens (primary N) is 1. The van der Waals surface area contributed by atoms with Crippen LogP contribution in [0.1, 0.15) is 19.7 Å². The van der Waals surface area contributed by atoms with Gasteiger partial charge in [0.05, 0.1) is 12.1 Å². The maximum Gasteiger partial charge on any atom is 0.451 e. The molecule has 0 radical (unpaired) electrons. The van der Waals surface area contributed by atoms with Crippen LogP contribution in [0.15, 0.2) is 6.07 Å². The fourth-order valence-electron chi connectivity index (χ4n) is 1.22. The van der Waals surface area contributed by atoms with Crippen molar-refractivity contribution in [3.63, 3.8) is 0 Å². The van der Waals surface area contributed by atoms with E-state index in [9.17, 15) is 18.3 Å². The summed E-state index contributed by atoms with van der Waals surface area (Å²) in [5.41, 5.74) is 1.29. The summed E-state index contributed by atoms with van der Waals surface area (Å²) in [6.07, 6.45) is -4.67. The standard InChI is InChI=1S/C10H16F3N5O/c1-9(2,5-19)18(3)7-4-6(17-14)15-8(16-7)10(11,12)13/h4,19H,5,14H2,1-3H3,(H,15,16,17). The minimum absolute atomic E-state index is 0.00863. The second kappa shape index (κ2) is 5.17. The summed E-state index contributed by atoms with van der Waals surface area (Å²) in [5, 5.41) is 9.23. The number of nitrogens with one attached hydrogen (secondary N) is 1. The minimum atomic E-state index is -4.67. The Balaban J connectivity index is 3.28. The Morgan fingerprint density at radius 1 is 1.37 bits per heavy atom. The molecule has 0 saturated heterocycles. The molecule has 108 valence electrons. The molecule has 0 saturated carbocycles. The van der Waals surface area contributed by atoms with Gasteiger partial charge in [-0.2, -0.15) is 13.2 Å². The van der Waals surface area contributed by atoms with E-state index in [2.05, 4.69) is 15.4 Å². The van der Waals surface area contributed by atoms with Crippen molar-refractivity contribution >= 4 is 11.6 Å². The molecule has 4 N–H and O–H groups in total. The van der Waals surface area contributed by atoms with Crippen LogP contribution in [0.5, 0.6) is 0 Å². The number of hydrogen-bond donors (Lipinski definition) is 3. The van der Waals surface area contributed by atoms with E-state index in [-0.39, 0.29) is 18.2 Å². The average molecular weight is 279 g/mol. The molecule has 1 aromatic heterocycles. The van der Waals surface area contributed by atoms with E-state index in [1.54, 1.807) is 13.8 Å².